The van der Waals surface area contributed by atoms with Crippen molar-refractivity contribution in [3.63, 3.8) is 0 Å². The summed E-state index contributed by atoms with van der Waals surface area (Å²) in [4.78, 5) is 0. The van der Waals surface area contributed by atoms with Gasteiger partial charge in [-0.2, -0.15) is 0 Å². The molecule has 11 heavy (non-hydrogen) atoms. The van der Waals surface area contributed by atoms with E-state index in [0.29, 0.717) is 0 Å². The standard InChI is InChI=1S/C2H5OS.3C2H5.Sn/c1-4(2)3;3*1-2;/h1H2,2H3;3*1H2,2H3;. The Bertz CT molecular complexity index is 124. The third-order valence-corrected chi connectivity index (χ3v) is 25.3. The molecule has 1 unspecified atom stereocenters. The SMILES string of the molecule is C[CH2][Sn]([CH2]C)([CH2]C)[CH2]S(C)=O. The fourth-order valence-electron chi connectivity index (χ4n) is 1.49. The first-order valence-corrected chi connectivity index (χ1v) is 14.2. The summed E-state index contributed by atoms with van der Waals surface area (Å²) < 4.78 is 16.3. The molecule has 68 valence electrons. The van der Waals surface area contributed by atoms with Crippen molar-refractivity contribution in [2.45, 2.75) is 34.1 Å². The number of hydrogen-bond acceptors (Lipinski definition) is 1. The van der Waals surface area contributed by atoms with Gasteiger partial charge in [-0.05, 0) is 0 Å². The van der Waals surface area contributed by atoms with E-state index in [1.807, 2.05) is 6.26 Å². The van der Waals surface area contributed by atoms with Crippen LogP contribution in [0.15, 0.2) is 0 Å². The molecule has 3 heteroatoms. The van der Waals surface area contributed by atoms with Crippen LogP contribution in [0.25, 0.3) is 0 Å². The third-order valence-electron chi connectivity index (χ3n) is 2.76. The first-order chi connectivity index (χ1) is 5.10. The van der Waals surface area contributed by atoms with E-state index in [1.54, 1.807) is 0 Å². The molecular formula is C8H20OSSn. The summed E-state index contributed by atoms with van der Waals surface area (Å²) in [5.74, 6) is 0. The zero-order chi connectivity index (χ0) is 8.91. The fraction of sp³-hybridized carbons (Fsp3) is 1.00. The van der Waals surface area contributed by atoms with Gasteiger partial charge in [-0.1, -0.05) is 0 Å². The van der Waals surface area contributed by atoms with Crippen molar-refractivity contribution >= 4 is 29.2 Å². The Morgan fingerprint density at radius 2 is 1.45 bits per heavy atom. The maximum atomic E-state index is 11.1. The van der Waals surface area contributed by atoms with E-state index in [-0.39, 0.29) is 0 Å². The van der Waals surface area contributed by atoms with Gasteiger partial charge in [0.1, 0.15) is 0 Å². The Morgan fingerprint density at radius 3 is 1.55 bits per heavy atom. The van der Waals surface area contributed by atoms with Crippen molar-refractivity contribution in [2.24, 2.45) is 0 Å². The Kier molecular flexibility index (Phi) is 6.05. The Hall–Kier alpha value is 0.949. The molecule has 0 heterocycles. The zero-order valence-electron chi connectivity index (χ0n) is 8.14. The molecular weight excluding hydrogens is 263 g/mol. The summed E-state index contributed by atoms with van der Waals surface area (Å²) in [6.45, 7) is 6.86. The molecule has 0 aliphatic rings. The van der Waals surface area contributed by atoms with Gasteiger partial charge in [0.15, 0.2) is 0 Å². The van der Waals surface area contributed by atoms with Crippen LogP contribution in [0.3, 0.4) is 0 Å². The van der Waals surface area contributed by atoms with Gasteiger partial charge in [0.2, 0.25) is 0 Å². The molecule has 0 fully saturated rings. The van der Waals surface area contributed by atoms with Crippen LogP contribution in [0.4, 0.5) is 0 Å². The van der Waals surface area contributed by atoms with Crippen LogP contribution >= 0.6 is 0 Å². The van der Waals surface area contributed by atoms with Gasteiger partial charge in [-0.15, -0.1) is 0 Å². The van der Waals surface area contributed by atoms with Crippen LogP contribution in [0, 0.1) is 0 Å². The van der Waals surface area contributed by atoms with E-state index in [1.165, 1.54) is 13.3 Å². The summed E-state index contributed by atoms with van der Waals surface area (Å²) in [5, 5.41) is 0. The van der Waals surface area contributed by atoms with Crippen molar-refractivity contribution in [1.29, 1.82) is 0 Å². The molecule has 1 nitrogen and oxygen atoms in total. The Labute approximate surface area is 77.3 Å². The normalized spacial score (nSPS) is 14.9. The van der Waals surface area contributed by atoms with Crippen LogP contribution in [-0.4, -0.2) is 32.6 Å². The number of hydrogen-bond donors (Lipinski definition) is 0. The molecule has 0 saturated heterocycles. The molecule has 0 aromatic heterocycles. The van der Waals surface area contributed by atoms with E-state index in [9.17, 15) is 4.21 Å². The van der Waals surface area contributed by atoms with E-state index in [0.717, 1.165) is 3.77 Å². The average molecular weight is 283 g/mol. The number of rotatable bonds is 5. The van der Waals surface area contributed by atoms with E-state index in [4.69, 9.17) is 0 Å². The van der Waals surface area contributed by atoms with E-state index >= 15 is 0 Å². The van der Waals surface area contributed by atoms with Crippen molar-refractivity contribution < 1.29 is 4.21 Å². The van der Waals surface area contributed by atoms with Gasteiger partial charge in [0, 0.05) is 0 Å². The topological polar surface area (TPSA) is 17.1 Å². The monoisotopic (exact) mass is 284 g/mol. The summed E-state index contributed by atoms with van der Waals surface area (Å²) in [5.41, 5.74) is 0. The molecule has 0 N–H and O–H groups in total. The quantitative estimate of drug-likeness (QED) is 0.708. The van der Waals surface area contributed by atoms with Crippen LogP contribution in [0.5, 0.6) is 0 Å². The van der Waals surface area contributed by atoms with Gasteiger partial charge >= 0.3 is 77.5 Å². The summed E-state index contributed by atoms with van der Waals surface area (Å²) in [6.07, 6.45) is 1.85. The van der Waals surface area contributed by atoms with Crippen LogP contribution in [-0.2, 0) is 10.8 Å². The molecule has 0 aromatic rings. The average Bonchev–Trinajstić information content (AvgIpc) is 2.00. The minimum atomic E-state index is -1.81. The Balaban J connectivity index is 4.16. The maximum absolute atomic E-state index is 11.1. The summed E-state index contributed by atoms with van der Waals surface area (Å²) >= 11 is -1.81. The third kappa shape index (κ3) is 3.92. The predicted molar refractivity (Wildman–Crippen MR) is 56.1 cm³/mol. The molecule has 1 atom stereocenters. The van der Waals surface area contributed by atoms with Crippen LogP contribution in [0.1, 0.15) is 20.8 Å². The zero-order valence-corrected chi connectivity index (χ0v) is 11.8. The second kappa shape index (κ2) is 5.57. The van der Waals surface area contributed by atoms with Crippen LogP contribution in [0.2, 0.25) is 13.3 Å². The van der Waals surface area contributed by atoms with Gasteiger partial charge in [0.25, 0.3) is 0 Å². The van der Waals surface area contributed by atoms with Gasteiger partial charge in [-0.3, -0.25) is 0 Å². The molecule has 0 bridgehead atoms. The van der Waals surface area contributed by atoms with Gasteiger partial charge in [-0.25, -0.2) is 0 Å². The first-order valence-electron chi connectivity index (χ1n) is 4.40. The molecule has 0 aliphatic heterocycles. The predicted octanol–water partition coefficient (Wildman–Crippen LogP) is 2.41. The van der Waals surface area contributed by atoms with Crippen molar-refractivity contribution in [1.82, 2.24) is 0 Å². The van der Waals surface area contributed by atoms with Gasteiger partial charge in [0.05, 0.1) is 0 Å². The molecule has 0 rings (SSSR count). The summed E-state index contributed by atoms with van der Waals surface area (Å²) in [7, 11) is -0.541. The minimum absolute atomic E-state index is 0.541. The molecule has 0 radical (unpaired) electrons. The second-order valence-corrected chi connectivity index (χ2v) is 21.8. The molecule has 0 amide bonds. The van der Waals surface area contributed by atoms with Crippen molar-refractivity contribution in [2.75, 3.05) is 10.0 Å². The summed E-state index contributed by atoms with van der Waals surface area (Å²) in [6, 6.07) is 0. The molecule has 0 saturated carbocycles. The van der Waals surface area contributed by atoms with E-state index < -0.39 is 29.2 Å². The molecule has 0 spiro atoms. The van der Waals surface area contributed by atoms with Crippen molar-refractivity contribution in [3.8, 4) is 0 Å². The first kappa shape index (κ1) is 11.9. The van der Waals surface area contributed by atoms with Gasteiger partial charge < -0.3 is 0 Å². The van der Waals surface area contributed by atoms with E-state index in [2.05, 4.69) is 20.8 Å². The second-order valence-electron chi connectivity index (χ2n) is 3.28. The van der Waals surface area contributed by atoms with Crippen molar-refractivity contribution in [3.05, 3.63) is 0 Å². The molecule has 0 aliphatic carbocycles. The van der Waals surface area contributed by atoms with Crippen LogP contribution < -0.4 is 0 Å². The fourth-order valence-corrected chi connectivity index (χ4v) is 19.9. The molecule has 0 aromatic carbocycles. The Morgan fingerprint density at radius 1 is 1.09 bits per heavy atom.